The summed E-state index contributed by atoms with van der Waals surface area (Å²) in [5.41, 5.74) is 0.569. The molecule has 0 unspecified atom stereocenters. The van der Waals surface area contributed by atoms with E-state index in [1.807, 2.05) is 6.92 Å². The van der Waals surface area contributed by atoms with Crippen LogP contribution in [-0.2, 0) is 16.0 Å². The van der Waals surface area contributed by atoms with Gasteiger partial charge in [0, 0.05) is 12.0 Å². The number of H-pyrrole nitrogens is 1. The van der Waals surface area contributed by atoms with E-state index in [1.54, 1.807) is 6.20 Å². The summed E-state index contributed by atoms with van der Waals surface area (Å²) in [4.78, 5) is 23.4. The van der Waals surface area contributed by atoms with Crippen LogP contribution in [0.15, 0.2) is 6.20 Å². The molecule has 0 radical (unpaired) electrons. The van der Waals surface area contributed by atoms with Gasteiger partial charge in [0.2, 0.25) is 5.91 Å². The van der Waals surface area contributed by atoms with Crippen molar-refractivity contribution >= 4 is 17.7 Å². The van der Waals surface area contributed by atoms with E-state index in [2.05, 4.69) is 15.5 Å². The minimum absolute atomic E-state index is 0.0734. The molecule has 3 N–H and O–H groups in total. The van der Waals surface area contributed by atoms with E-state index in [4.69, 9.17) is 5.11 Å². The lowest BCUT2D eigenvalue weighted by Crippen LogP contribution is -2.32. The monoisotopic (exact) mass is 293 g/mol. The van der Waals surface area contributed by atoms with Gasteiger partial charge in [0.15, 0.2) is 0 Å². The van der Waals surface area contributed by atoms with Crippen LogP contribution in [0.25, 0.3) is 0 Å². The average molecular weight is 293 g/mol. The zero-order valence-electron chi connectivity index (χ0n) is 12.4. The first-order chi connectivity index (χ1) is 10.0. The van der Waals surface area contributed by atoms with Gasteiger partial charge in [0.25, 0.3) is 0 Å². The zero-order valence-corrected chi connectivity index (χ0v) is 12.4. The molecule has 0 aliphatic heterocycles. The highest BCUT2D eigenvalue weighted by Crippen LogP contribution is 2.42. The van der Waals surface area contributed by atoms with Gasteiger partial charge in [-0.3, -0.25) is 14.7 Å². The molecule has 1 aromatic rings. The number of aromatic amines is 1. The topological polar surface area (TPSA) is 95.1 Å². The van der Waals surface area contributed by atoms with Crippen LogP contribution in [0.4, 0.5) is 5.82 Å². The van der Waals surface area contributed by atoms with Gasteiger partial charge in [-0.25, -0.2) is 0 Å². The van der Waals surface area contributed by atoms with Crippen LogP contribution in [0.1, 0.15) is 57.4 Å². The van der Waals surface area contributed by atoms with Gasteiger partial charge in [-0.2, -0.15) is 5.10 Å². The van der Waals surface area contributed by atoms with Gasteiger partial charge in [-0.1, -0.05) is 26.2 Å². The first-order valence-electron chi connectivity index (χ1n) is 7.58. The fourth-order valence-electron chi connectivity index (χ4n) is 3.25. The van der Waals surface area contributed by atoms with Crippen molar-refractivity contribution in [1.29, 1.82) is 0 Å². The third-order valence-corrected chi connectivity index (χ3v) is 4.34. The van der Waals surface area contributed by atoms with Crippen molar-refractivity contribution in [3.63, 3.8) is 0 Å². The van der Waals surface area contributed by atoms with E-state index >= 15 is 0 Å². The molecule has 21 heavy (non-hydrogen) atoms. The fourth-order valence-corrected chi connectivity index (χ4v) is 3.25. The smallest absolute Gasteiger partial charge is 0.303 e. The van der Waals surface area contributed by atoms with Crippen LogP contribution in [0.5, 0.6) is 0 Å². The van der Waals surface area contributed by atoms with Gasteiger partial charge < -0.3 is 10.4 Å². The van der Waals surface area contributed by atoms with Gasteiger partial charge in [0.05, 0.1) is 12.6 Å². The predicted molar refractivity (Wildman–Crippen MR) is 79.0 cm³/mol. The Balaban J connectivity index is 2.02. The molecule has 6 heteroatoms. The Labute approximate surface area is 124 Å². The van der Waals surface area contributed by atoms with Crippen molar-refractivity contribution in [2.24, 2.45) is 5.41 Å². The van der Waals surface area contributed by atoms with Crippen molar-refractivity contribution in [2.45, 2.75) is 58.3 Å². The number of nitrogens with zero attached hydrogens (tertiary/aromatic N) is 1. The van der Waals surface area contributed by atoms with Gasteiger partial charge in [-0.05, 0) is 24.7 Å². The minimum atomic E-state index is -0.819. The quantitative estimate of drug-likeness (QED) is 0.751. The van der Waals surface area contributed by atoms with Crippen molar-refractivity contribution in [2.75, 3.05) is 5.32 Å². The number of aromatic nitrogens is 2. The molecule has 0 saturated heterocycles. The van der Waals surface area contributed by atoms with Gasteiger partial charge in [0.1, 0.15) is 5.82 Å². The number of nitrogens with one attached hydrogen (secondary N) is 2. The molecule has 0 atom stereocenters. The average Bonchev–Trinajstić information content (AvgIpc) is 2.85. The number of aliphatic carboxylic acids is 1. The van der Waals surface area contributed by atoms with Gasteiger partial charge in [-0.15, -0.1) is 0 Å². The number of hydrogen-bond donors (Lipinski definition) is 3. The van der Waals surface area contributed by atoms with Crippen LogP contribution in [-0.4, -0.2) is 27.2 Å². The predicted octanol–water partition coefficient (Wildman–Crippen LogP) is 2.73. The van der Waals surface area contributed by atoms with E-state index in [-0.39, 0.29) is 24.2 Å². The summed E-state index contributed by atoms with van der Waals surface area (Å²) in [6.07, 6.45) is 7.59. The molecule has 0 spiro atoms. The molecular weight excluding hydrogens is 270 g/mol. The second-order valence-corrected chi connectivity index (χ2v) is 5.98. The Kier molecular flexibility index (Phi) is 4.98. The van der Waals surface area contributed by atoms with Crippen LogP contribution in [0.3, 0.4) is 0 Å². The number of rotatable bonds is 6. The summed E-state index contributed by atoms with van der Waals surface area (Å²) in [7, 11) is 0. The van der Waals surface area contributed by atoms with Crippen molar-refractivity contribution in [1.82, 2.24) is 10.2 Å². The summed E-state index contributed by atoms with van der Waals surface area (Å²) in [6.45, 7) is 1.99. The number of amides is 1. The number of carbonyl (C=O) groups is 2. The summed E-state index contributed by atoms with van der Waals surface area (Å²) in [5.74, 6) is -0.318. The SMILES string of the molecule is CCc1cn[nH]c1NC(=O)CC1(CC(=O)O)CCCCC1. The molecule has 1 fully saturated rings. The van der Waals surface area contributed by atoms with E-state index in [0.29, 0.717) is 5.82 Å². The lowest BCUT2D eigenvalue weighted by Gasteiger charge is -2.35. The highest BCUT2D eigenvalue weighted by Gasteiger charge is 2.36. The Morgan fingerprint density at radius 1 is 1.33 bits per heavy atom. The molecule has 116 valence electrons. The lowest BCUT2D eigenvalue weighted by molar-refractivity contribution is -0.140. The van der Waals surface area contributed by atoms with Gasteiger partial charge >= 0.3 is 5.97 Å². The molecule has 1 aromatic heterocycles. The first-order valence-corrected chi connectivity index (χ1v) is 7.58. The van der Waals surface area contributed by atoms with E-state index in [0.717, 1.165) is 44.1 Å². The largest absolute Gasteiger partial charge is 0.481 e. The lowest BCUT2D eigenvalue weighted by atomic mass is 9.69. The second kappa shape index (κ2) is 6.74. The van der Waals surface area contributed by atoms with Crippen molar-refractivity contribution in [3.05, 3.63) is 11.8 Å². The summed E-state index contributed by atoms with van der Waals surface area (Å²) >= 11 is 0. The number of anilines is 1. The number of carbonyl (C=O) groups excluding carboxylic acids is 1. The fraction of sp³-hybridized carbons (Fsp3) is 0.667. The number of carboxylic acids is 1. The first kappa shape index (κ1) is 15.5. The van der Waals surface area contributed by atoms with E-state index in [9.17, 15) is 9.59 Å². The molecule has 0 bridgehead atoms. The third-order valence-electron chi connectivity index (χ3n) is 4.34. The Morgan fingerprint density at radius 2 is 2.05 bits per heavy atom. The van der Waals surface area contributed by atoms with E-state index in [1.165, 1.54) is 0 Å². The molecule has 1 aliphatic rings. The molecule has 6 nitrogen and oxygen atoms in total. The highest BCUT2D eigenvalue weighted by atomic mass is 16.4. The Hall–Kier alpha value is -1.85. The normalized spacial score (nSPS) is 17.4. The molecule has 0 aromatic carbocycles. The summed E-state index contributed by atoms with van der Waals surface area (Å²) in [6, 6.07) is 0. The van der Waals surface area contributed by atoms with Crippen LogP contribution >= 0.6 is 0 Å². The van der Waals surface area contributed by atoms with E-state index < -0.39 is 5.97 Å². The number of carboxylic acid groups (broad SMARTS) is 1. The van der Waals surface area contributed by atoms with Crippen LogP contribution in [0, 0.1) is 5.41 Å². The maximum absolute atomic E-state index is 12.3. The summed E-state index contributed by atoms with van der Waals surface area (Å²) in [5, 5.41) is 18.7. The van der Waals surface area contributed by atoms with Crippen molar-refractivity contribution in [3.8, 4) is 0 Å². The molecule has 1 heterocycles. The third kappa shape index (κ3) is 4.06. The minimum Gasteiger partial charge on any atom is -0.481 e. The molecule has 1 aliphatic carbocycles. The second-order valence-electron chi connectivity index (χ2n) is 5.98. The standard InChI is InChI=1S/C15H23N3O3/c1-2-11-10-16-18-14(11)17-12(19)8-15(9-13(20)21)6-4-3-5-7-15/h10H,2-9H2,1H3,(H,20,21)(H2,16,17,18,19). The Morgan fingerprint density at radius 3 is 2.67 bits per heavy atom. The molecule has 1 amide bonds. The van der Waals surface area contributed by atoms with Crippen LogP contribution < -0.4 is 5.32 Å². The zero-order chi connectivity index (χ0) is 15.3. The highest BCUT2D eigenvalue weighted by molar-refractivity contribution is 5.91. The molecule has 1 saturated carbocycles. The Bertz CT molecular complexity index is 504. The van der Waals surface area contributed by atoms with Crippen LogP contribution in [0.2, 0.25) is 0 Å². The number of aryl methyl sites for hydroxylation is 1. The number of hydrogen-bond acceptors (Lipinski definition) is 3. The van der Waals surface area contributed by atoms with Crippen molar-refractivity contribution < 1.29 is 14.7 Å². The maximum atomic E-state index is 12.3. The maximum Gasteiger partial charge on any atom is 0.303 e. The molecular formula is C15H23N3O3. The molecule has 2 rings (SSSR count). The summed E-state index contributed by atoms with van der Waals surface area (Å²) < 4.78 is 0.